The van der Waals surface area contributed by atoms with E-state index >= 15 is 0 Å². The number of aryl methyl sites for hydroxylation is 1. The van der Waals surface area contributed by atoms with Crippen LogP contribution >= 0.6 is 0 Å². The molecule has 1 aliphatic rings. The van der Waals surface area contributed by atoms with Gasteiger partial charge in [-0.05, 0) is 6.92 Å². The minimum atomic E-state index is -0.240. The van der Waals surface area contributed by atoms with Crippen molar-refractivity contribution in [2.45, 2.75) is 19.4 Å². The average molecular weight is 208 g/mol. The van der Waals surface area contributed by atoms with E-state index in [1.54, 1.807) is 6.20 Å². The Morgan fingerprint density at radius 3 is 3.20 bits per heavy atom. The molecular formula is C10H16N4O. The van der Waals surface area contributed by atoms with Gasteiger partial charge in [-0.15, -0.1) is 0 Å². The Hall–Kier alpha value is -1.36. The molecule has 1 aliphatic heterocycles. The molecule has 0 bridgehead atoms. The maximum Gasteiger partial charge on any atom is 0.222 e. The molecule has 1 aromatic heterocycles. The number of amides is 1. The fourth-order valence-corrected chi connectivity index (χ4v) is 2.17. The summed E-state index contributed by atoms with van der Waals surface area (Å²) < 4.78 is 2.06. The van der Waals surface area contributed by atoms with E-state index in [1.165, 1.54) is 0 Å². The molecule has 1 saturated heterocycles. The van der Waals surface area contributed by atoms with Crippen LogP contribution in [0.3, 0.4) is 0 Å². The maximum atomic E-state index is 11.3. The number of imidazole rings is 1. The van der Waals surface area contributed by atoms with Gasteiger partial charge in [0.2, 0.25) is 5.91 Å². The highest BCUT2D eigenvalue weighted by Crippen LogP contribution is 2.26. The Labute approximate surface area is 88.7 Å². The Bertz CT molecular complexity index is 360. The number of hydrogen-bond acceptors (Lipinski definition) is 3. The van der Waals surface area contributed by atoms with Gasteiger partial charge in [-0.1, -0.05) is 0 Å². The Morgan fingerprint density at radius 1 is 1.73 bits per heavy atom. The zero-order valence-corrected chi connectivity index (χ0v) is 8.81. The maximum absolute atomic E-state index is 11.3. The lowest BCUT2D eigenvalue weighted by Crippen LogP contribution is -2.29. The van der Waals surface area contributed by atoms with Crippen molar-refractivity contribution in [3.63, 3.8) is 0 Å². The van der Waals surface area contributed by atoms with Gasteiger partial charge in [-0.2, -0.15) is 0 Å². The number of hydrogen-bond donors (Lipinski definition) is 2. The molecule has 15 heavy (non-hydrogen) atoms. The van der Waals surface area contributed by atoms with Crippen LogP contribution < -0.4 is 11.1 Å². The highest BCUT2D eigenvalue weighted by atomic mass is 16.1. The first-order valence-corrected chi connectivity index (χ1v) is 5.25. The van der Waals surface area contributed by atoms with Gasteiger partial charge >= 0.3 is 0 Å². The van der Waals surface area contributed by atoms with E-state index in [2.05, 4.69) is 21.8 Å². The number of rotatable bonds is 3. The lowest BCUT2D eigenvalue weighted by atomic mass is 9.94. The number of primary amides is 1. The fourth-order valence-electron chi connectivity index (χ4n) is 2.17. The molecule has 0 saturated carbocycles. The summed E-state index contributed by atoms with van der Waals surface area (Å²) in [4.78, 5) is 15.6. The predicted octanol–water partition coefficient (Wildman–Crippen LogP) is -0.309. The zero-order chi connectivity index (χ0) is 10.8. The molecule has 0 aliphatic carbocycles. The first kappa shape index (κ1) is 10.2. The molecule has 1 amide bonds. The topological polar surface area (TPSA) is 72.9 Å². The third kappa shape index (κ3) is 1.74. The van der Waals surface area contributed by atoms with Gasteiger partial charge in [-0.3, -0.25) is 4.79 Å². The minimum Gasteiger partial charge on any atom is -0.369 e. The standard InChI is InChI=1S/C10H16N4O/c1-2-14-4-3-13-10(14)8-6-12-5-7(8)9(11)15/h3-4,7-8,12H,2,5-6H2,1H3,(H2,11,15). The number of aromatic nitrogens is 2. The van der Waals surface area contributed by atoms with Crippen molar-refractivity contribution in [2.24, 2.45) is 11.7 Å². The van der Waals surface area contributed by atoms with Crippen LogP contribution in [0.15, 0.2) is 12.4 Å². The predicted molar refractivity (Wildman–Crippen MR) is 56.2 cm³/mol. The second-order valence-electron chi connectivity index (χ2n) is 3.85. The monoisotopic (exact) mass is 208 g/mol. The summed E-state index contributed by atoms with van der Waals surface area (Å²) in [6, 6.07) is 0. The minimum absolute atomic E-state index is 0.123. The van der Waals surface area contributed by atoms with Gasteiger partial charge in [0.1, 0.15) is 5.82 Å². The van der Waals surface area contributed by atoms with Crippen LogP contribution in [0.25, 0.3) is 0 Å². The van der Waals surface area contributed by atoms with Crippen molar-refractivity contribution >= 4 is 5.91 Å². The van der Waals surface area contributed by atoms with E-state index in [0.717, 1.165) is 18.9 Å². The molecule has 3 N–H and O–H groups in total. The molecule has 5 heteroatoms. The van der Waals surface area contributed by atoms with E-state index in [-0.39, 0.29) is 17.7 Å². The van der Waals surface area contributed by atoms with E-state index in [4.69, 9.17) is 5.73 Å². The van der Waals surface area contributed by atoms with E-state index in [0.29, 0.717) is 6.54 Å². The quantitative estimate of drug-likeness (QED) is 0.715. The number of nitrogens with one attached hydrogen (secondary N) is 1. The van der Waals surface area contributed by atoms with Gasteiger partial charge in [0.25, 0.3) is 0 Å². The van der Waals surface area contributed by atoms with Crippen molar-refractivity contribution in [3.05, 3.63) is 18.2 Å². The third-order valence-corrected chi connectivity index (χ3v) is 3.00. The second kappa shape index (κ2) is 4.02. The van der Waals surface area contributed by atoms with Gasteiger partial charge in [-0.25, -0.2) is 4.98 Å². The number of nitrogens with zero attached hydrogens (tertiary/aromatic N) is 2. The van der Waals surface area contributed by atoms with E-state index < -0.39 is 0 Å². The highest BCUT2D eigenvalue weighted by Gasteiger charge is 2.34. The first-order chi connectivity index (χ1) is 7.24. The number of carbonyl (C=O) groups excluding carboxylic acids is 1. The molecule has 0 radical (unpaired) electrons. The molecule has 5 nitrogen and oxygen atoms in total. The lowest BCUT2D eigenvalue weighted by molar-refractivity contribution is -0.121. The van der Waals surface area contributed by atoms with Crippen molar-refractivity contribution in [3.8, 4) is 0 Å². The summed E-state index contributed by atoms with van der Waals surface area (Å²) in [5, 5.41) is 3.19. The summed E-state index contributed by atoms with van der Waals surface area (Å²) in [7, 11) is 0. The largest absolute Gasteiger partial charge is 0.369 e. The normalized spacial score (nSPS) is 25.7. The molecule has 2 rings (SSSR count). The van der Waals surface area contributed by atoms with Crippen LogP contribution in [-0.2, 0) is 11.3 Å². The zero-order valence-electron chi connectivity index (χ0n) is 8.81. The molecular weight excluding hydrogens is 192 g/mol. The lowest BCUT2D eigenvalue weighted by Gasteiger charge is -2.16. The first-order valence-electron chi connectivity index (χ1n) is 5.25. The number of nitrogens with two attached hydrogens (primary N) is 1. The van der Waals surface area contributed by atoms with Crippen molar-refractivity contribution in [1.82, 2.24) is 14.9 Å². The summed E-state index contributed by atoms with van der Waals surface area (Å²) in [5.41, 5.74) is 5.37. The molecule has 0 spiro atoms. The second-order valence-corrected chi connectivity index (χ2v) is 3.85. The van der Waals surface area contributed by atoms with Gasteiger partial charge in [0.15, 0.2) is 0 Å². The summed E-state index contributed by atoms with van der Waals surface area (Å²) in [5.74, 6) is 0.720. The van der Waals surface area contributed by atoms with Gasteiger partial charge < -0.3 is 15.6 Å². The molecule has 82 valence electrons. The third-order valence-electron chi connectivity index (χ3n) is 3.00. The Balaban J connectivity index is 2.26. The summed E-state index contributed by atoms with van der Waals surface area (Å²) >= 11 is 0. The molecule has 2 heterocycles. The highest BCUT2D eigenvalue weighted by molar-refractivity contribution is 5.78. The molecule has 1 fully saturated rings. The molecule has 2 unspecified atom stereocenters. The summed E-state index contributed by atoms with van der Waals surface area (Å²) in [6.45, 7) is 4.38. The van der Waals surface area contributed by atoms with E-state index in [1.807, 2.05) is 6.20 Å². The molecule has 0 aromatic carbocycles. The fraction of sp³-hybridized carbons (Fsp3) is 0.600. The van der Waals surface area contributed by atoms with Crippen LogP contribution in [0.1, 0.15) is 18.7 Å². The number of carbonyl (C=O) groups is 1. The van der Waals surface area contributed by atoms with E-state index in [9.17, 15) is 4.79 Å². The smallest absolute Gasteiger partial charge is 0.222 e. The van der Waals surface area contributed by atoms with Crippen molar-refractivity contribution in [2.75, 3.05) is 13.1 Å². The Kier molecular flexibility index (Phi) is 2.73. The van der Waals surface area contributed by atoms with Crippen molar-refractivity contribution in [1.29, 1.82) is 0 Å². The molecule has 2 atom stereocenters. The van der Waals surface area contributed by atoms with Crippen LogP contribution in [0.5, 0.6) is 0 Å². The SMILES string of the molecule is CCn1ccnc1C1CNCC1C(N)=O. The Morgan fingerprint density at radius 2 is 2.53 bits per heavy atom. The van der Waals surface area contributed by atoms with Crippen LogP contribution in [0.4, 0.5) is 0 Å². The molecule has 1 aromatic rings. The van der Waals surface area contributed by atoms with Crippen molar-refractivity contribution < 1.29 is 4.79 Å². The van der Waals surface area contributed by atoms with Crippen LogP contribution in [-0.4, -0.2) is 28.5 Å². The van der Waals surface area contributed by atoms with Crippen LogP contribution in [0, 0.1) is 5.92 Å². The summed E-state index contributed by atoms with van der Waals surface area (Å²) in [6.07, 6.45) is 3.71. The van der Waals surface area contributed by atoms with Gasteiger partial charge in [0, 0.05) is 37.9 Å². The van der Waals surface area contributed by atoms with Gasteiger partial charge in [0.05, 0.1) is 5.92 Å². The van der Waals surface area contributed by atoms with Crippen LogP contribution in [0.2, 0.25) is 0 Å². The average Bonchev–Trinajstić information content (AvgIpc) is 2.85.